The first-order valence-corrected chi connectivity index (χ1v) is 12.4. The van der Waals surface area contributed by atoms with E-state index >= 15 is 0 Å². The van der Waals surface area contributed by atoms with Crippen LogP contribution in [0.4, 0.5) is 11.8 Å². The molecule has 0 amide bonds. The van der Waals surface area contributed by atoms with E-state index in [4.69, 9.17) is 14.5 Å². The predicted molar refractivity (Wildman–Crippen MR) is 134 cm³/mol. The summed E-state index contributed by atoms with van der Waals surface area (Å²) in [6.07, 6.45) is 3.92. The number of anilines is 2. The van der Waals surface area contributed by atoms with Crippen LogP contribution in [0.1, 0.15) is 32.7 Å². The van der Waals surface area contributed by atoms with E-state index in [0.29, 0.717) is 19.2 Å². The summed E-state index contributed by atoms with van der Waals surface area (Å²) in [5.74, 6) is 2.61. The molecule has 5 rings (SSSR count). The van der Waals surface area contributed by atoms with E-state index in [-0.39, 0.29) is 6.04 Å². The zero-order chi connectivity index (χ0) is 23.3. The Kier molecular flexibility index (Phi) is 7.10. The lowest BCUT2D eigenvalue weighted by molar-refractivity contribution is 0.0114. The molecule has 1 aromatic carbocycles. The average Bonchev–Trinajstić information content (AvgIpc) is 3.29. The van der Waals surface area contributed by atoms with E-state index in [2.05, 4.69) is 43.5 Å². The van der Waals surface area contributed by atoms with Gasteiger partial charge in [0.25, 0.3) is 0 Å². The van der Waals surface area contributed by atoms with Gasteiger partial charge in [0.1, 0.15) is 18.7 Å². The number of nitrogens with zero attached hydrogens (tertiary/aromatic N) is 6. The Labute approximate surface area is 201 Å². The number of para-hydroxylation sites is 1. The summed E-state index contributed by atoms with van der Waals surface area (Å²) in [4.78, 5) is 19.2. The van der Waals surface area contributed by atoms with Crippen LogP contribution in [0.3, 0.4) is 0 Å². The van der Waals surface area contributed by atoms with Gasteiger partial charge in [0.15, 0.2) is 17.0 Å². The molecular weight excluding hydrogens is 430 g/mol. The van der Waals surface area contributed by atoms with Gasteiger partial charge in [-0.05, 0) is 38.8 Å². The van der Waals surface area contributed by atoms with Crippen LogP contribution in [0, 0.1) is 0 Å². The molecule has 0 unspecified atom stereocenters. The highest BCUT2D eigenvalue weighted by Crippen LogP contribution is 2.31. The summed E-state index contributed by atoms with van der Waals surface area (Å²) in [6, 6.07) is 10.7. The quantitative estimate of drug-likeness (QED) is 0.508. The monoisotopic (exact) mass is 465 g/mol. The van der Waals surface area contributed by atoms with E-state index in [1.165, 1.54) is 0 Å². The van der Waals surface area contributed by atoms with E-state index in [9.17, 15) is 0 Å². The maximum absolute atomic E-state index is 5.81. The summed E-state index contributed by atoms with van der Waals surface area (Å²) < 4.78 is 13.6. The molecule has 0 radical (unpaired) electrons. The van der Waals surface area contributed by atoms with Crippen molar-refractivity contribution in [3.63, 3.8) is 0 Å². The summed E-state index contributed by atoms with van der Waals surface area (Å²) in [5.41, 5.74) is 1.70. The number of piperidine rings is 1. The maximum atomic E-state index is 5.81. The van der Waals surface area contributed by atoms with Crippen LogP contribution < -0.4 is 15.0 Å². The van der Waals surface area contributed by atoms with Crippen molar-refractivity contribution in [2.24, 2.45) is 0 Å². The summed E-state index contributed by atoms with van der Waals surface area (Å²) in [6.45, 7) is 11.4. The van der Waals surface area contributed by atoms with Crippen LogP contribution >= 0.6 is 0 Å². The van der Waals surface area contributed by atoms with Crippen LogP contribution in [0.25, 0.3) is 11.2 Å². The van der Waals surface area contributed by atoms with Crippen molar-refractivity contribution in [2.45, 2.75) is 38.8 Å². The van der Waals surface area contributed by atoms with Crippen molar-refractivity contribution in [1.82, 2.24) is 24.4 Å². The molecule has 2 aliphatic heterocycles. The molecule has 9 heteroatoms. The third-order valence-corrected chi connectivity index (χ3v) is 6.69. The van der Waals surface area contributed by atoms with Crippen LogP contribution in [0.15, 0.2) is 36.7 Å². The van der Waals surface area contributed by atoms with Gasteiger partial charge in [-0.25, -0.2) is 15.0 Å². The van der Waals surface area contributed by atoms with Gasteiger partial charge in [-0.1, -0.05) is 18.2 Å². The van der Waals surface area contributed by atoms with E-state index < -0.39 is 0 Å². The molecule has 2 aliphatic rings. The molecule has 0 aliphatic carbocycles. The Bertz CT molecular complexity index is 1060. The molecule has 182 valence electrons. The Morgan fingerprint density at radius 1 is 1.06 bits per heavy atom. The normalized spacial score (nSPS) is 18.0. The third-order valence-electron chi connectivity index (χ3n) is 6.69. The highest BCUT2D eigenvalue weighted by atomic mass is 16.5. The fourth-order valence-electron chi connectivity index (χ4n) is 4.95. The molecule has 3 aromatic rings. The van der Waals surface area contributed by atoms with Crippen LogP contribution in [0.2, 0.25) is 0 Å². The van der Waals surface area contributed by atoms with Gasteiger partial charge in [0, 0.05) is 38.3 Å². The molecule has 4 heterocycles. The Hall–Kier alpha value is -2.91. The molecule has 2 aromatic heterocycles. The third kappa shape index (κ3) is 4.95. The maximum Gasteiger partial charge on any atom is 0.208 e. The van der Waals surface area contributed by atoms with Gasteiger partial charge in [-0.15, -0.1) is 0 Å². The van der Waals surface area contributed by atoms with Crippen molar-refractivity contribution in [1.29, 1.82) is 0 Å². The number of morpholine rings is 1. The second-order valence-electron chi connectivity index (χ2n) is 9.22. The Morgan fingerprint density at radius 2 is 1.82 bits per heavy atom. The average molecular weight is 466 g/mol. The molecule has 0 atom stereocenters. The zero-order valence-corrected chi connectivity index (χ0v) is 20.2. The minimum absolute atomic E-state index is 0.251. The van der Waals surface area contributed by atoms with Crippen molar-refractivity contribution >= 4 is 22.9 Å². The number of imidazole rings is 1. The summed E-state index contributed by atoms with van der Waals surface area (Å²) >= 11 is 0. The zero-order valence-electron chi connectivity index (χ0n) is 20.2. The van der Waals surface area contributed by atoms with E-state index in [1.54, 1.807) is 6.33 Å². The largest absolute Gasteiger partial charge is 0.492 e. The molecule has 9 nitrogen and oxygen atoms in total. The van der Waals surface area contributed by atoms with Gasteiger partial charge in [0.05, 0.1) is 19.8 Å². The minimum atomic E-state index is 0.251. The number of nitrogens with one attached hydrogen (secondary N) is 1. The standard InChI is InChI=1S/C25H35N7O2/c1-19(2)32-24-22(23(27-18-28-24)26-10-15-34-21-6-4-3-5-7-21)29-25(32)31-11-8-20(9-12-31)30-13-16-33-17-14-30/h3-7,18-20H,8-17H2,1-2H3,(H,26,27,28). The highest BCUT2D eigenvalue weighted by Gasteiger charge is 2.29. The fraction of sp³-hybridized carbons (Fsp3) is 0.560. The van der Waals surface area contributed by atoms with Crippen molar-refractivity contribution in [3.05, 3.63) is 36.7 Å². The van der Waals surface area contributed by atoms with E-state index in [0.717, 1.165) is 80.9 Å². The molecule has 0 spiro atoms. The smallest absolute Gasteiger partial charge is 0.208 e. The van der Waals surface area contributed by atoms with Crippen molar-refractivity contribution in [3.8, 4) is 5.75 Å². The van der Waals surface area contributed by atoms with Gasteiger partial charge >= 0.3 is 0 Å². The van der Waals surface area contributed by atoms with Crippen LogP contribution in [0.5, 0.6) is 5.75 Å². The van der Waals surface area contributed by atoms with Gasteiger partial charge < -0.3 is 19.7 Å². The molecule has 0 bridgehead atoms. The SMILES string of the molecule is CC(C)n1c(N2CCC(N3CCOCC3)CC2)nc2c(NCCOc3ccccc3)ncnc21. The molecule has 2 fully saturated rings. The number of aromatic nitrogens is 4. The molecular formula is C25H35N7O2. The Balaban J connectivity index is 1.29. The predicted octanol–water partition coefficient (Wildman–Crippen LogP) is 3.20. The number of hydrogen-bond donors (Lipinski definition) is 1. The first-order valence-electron chi connectivity index (χ1n) is 12.4. The lowest BCUT2D eigenvalue weighted by atomic mass is 10.0. The molecule has 1 N–H and O–H groups in total. The Morgan fingerprint density at radius 3 is 2.56 bits per heavy atom. The number of benzene rings is 1. The second-order valence-corrected chi connectivity index (χ2v) is 9.22. The second kappa shape index (κ2) is 10.6. The van der Waals surface area contributed by atoms with Crippen molar-refractivity contribution in [2.75, 3.05) is 62.8 Å². The van der Waals surface area contributed by atoms with Gasteiger partial charge in [-0.3, -0.25) is 9.47 Å². The number of ether oxygens (including phenoxy) is 2. The molecule has 34 heavy (non-hydrogen) atoms. The first kappa shape index (κ1) is 22.9. The topological polar surface area (TPSA) is 80.6 Å². The molecule has 2 saturated heterocycles. The highest BCUT2D eigenvalue weighted by molar-refractivity contribution is 5.85. The van der Waals surface area contributed by atoms with Crippen molar-refractivity contribution < 1.29 is 9.47 Å². The number of fused-ring (bicyclic) bond motifs is 1. The lowest BCUT2D eigenvalue weighted by Gasteiger charge is -2.40. The lowest BCUT2D eigenvalue weighted by Crippen LogP contribution is -2.49. The summed E-state index contributed by atoms with van der Waals surface area (Å²) in [5, 5.41) is 3.40. The van der Waals surface area contributed by atoms with Gasteiger partial charge in [-0.2, -0.15) is 0 Å². The molecule has 0 saturated carbocycles. The summed E-state index contributed by atoms with van der Waals surface area (Å²) in [7, 11) is 0. The number of rotatable bonds is 8. The van der Waals surface area contributed by atoms with Gasteiger partial charge in [0.2, 0.25) is 5.95 Å². The van der Waals surface area contributed by atoms with Crippen LogP contribution in [-0.4, -0.2) is 83.0 Å². The van der Waals surface area contributed by atoms with Crippen LogP contribution in [-0.2, 0) is 4.74 Å². The van der Waals surface area contributed by atoms with E-state index in [1.807, 2.05) is 30.3 Å². The minimum Gasteiger partial charge on any atom is -0.492 e. The first-order chi connectivity index (χ1) is 16.7. The number of hydrogen-bond acceptors (Lipinski definition) is 8. The fourth-order valence-corrected chi connectivity index (χ4v) is 4.95.